The second-order valence-electron chi connectivity index (χ2n) is 7.24. The predicted octanol–water partition coefficient (Wildman–Crippen LogP) is 7.18. The van der Waals surface area contributed by atoms with Gasteiger partial charge < -0.3 is 4.74 Å². The van der Waals surface area contributed by atoms with Gasteiger partial charge in [0.05, 0.1) is 12.2 Å². The van der Waals surface area contributed by atoms with Crippen LogP contribution in [0.1, 0.15) is 101 Å². The zero-order chi connectivity index (χ0) is 18.2. The minimum Gasteiger partial charge on any atom is -0.462 e. The maximum Gasteiger partial charge on any atom is 0.338 e. The van der Waals surface area contributed by atoms with Crippen LogP contribution in [0.25, 0.3) is 0 Å². The van der Waals surface area contributed by atoms with Crippen molar-refractivity contribution in [2.45, 2.75) is 90.9 Å². The summed E-state index contributed by atoms with van der Waals surface area (Å²) in [6.45, 7) is 5.06. The number of esters is 1. The second-order valence-corrected chi connectivity index (χ2v) is 7.24. The number of carbonyl (C=O) groups excluding carboxylic acids is 1. The normalized spacial score (nSPS) is 12.1. The van der Waals surface area contributed by atoms with Crippen LogP contribution in [-0.4, -0.2) is 12.6 Å². The molecule has 0 spiro atoms. The summed E-state index contributed by atoms with van der Waals surface area (Å²) in [4.78, 5) is 12.1. The van der Waals surface area contributed by atoms with Gasteiger partial charge in [-0.1, -0.05) is 96.3 Å². The lowest BCUT2D eigenvalue weighted by Crippen LogP contribution is -2.14. The molecule has 1 unspecified atom stereocenters. The molecule has 0 radical (unpaired) electrons. The first-order chi connectivity index (χ1) is 12.3. The lowest BCUT2D eigenvalue weighted by atomic mass is 9.95. The second kappa shape index (κ2) is 15.0. The molecule has 2 heteroatoms. The van der Waals surface area contributed by atoms with E-state index in [2.05, 4.69) is 13.8 Å². The van der Waals surface area contributed by atoms with Gasteiger partial charge in [-0.05, 0) is 30.9 Å². The van der Waals surface area contributed by atoms with E-state index < -0.39 is 0 Å². The van der Waals surface area contributed by atoms with Crippen molar-refractivity contribution < 1.29 is 9.53 Å². The molecule has 0 N–H and O–H groups in total. The van der Waals surface area contributed by atoms with E-state index >= 15 is 0 Å². The maximum absolute atomic E-state index is 12.1. The van der Waals surface area contributed by atoms with Gasteiger partial charge in [-0.15, -0.1) is 0 Å². The Hall–Kier alpha value is -1.31. The molecule has 2 nitrogen and oxygen atoms in total. The first-order valence-electron chi connectivity index (χ1n) is 10.5. The van der Waals surface area contributed by atoms with Gasteiger partial charge in [0.1, 0.15) is 0 Å². The number of ether oxygens (including phenoxy) is 1. The topological polar surface area (TPSA) is 26.3 Å². The molecule has 142 valence electrons. The summed E-state index contributed by atoms with van der Waals surface area (Å²) < 4.78 is 5.57. The quantitative estimate of drug-likeness (QED) is 0.248. The van der Waals surface area contributed by atoms with E-state index in [1.807, 2.05) is 30.3 Å². The van der Waals surface area contributed by atoms with E-state index in [0.29, 0.717) is 18.1 Å². The van der Waals surface area contributed by atoms with Gasteiger partial charge in [0.25, 0.3) is 0 Å². The van der Waals surface area contributed by atoms with E-state index in [-0.39, 0.29) is 5.97 Å². The highest BCUT2D eigenvalue weighted by Gasteiger charge is 2.13. The standard InChI is InChI=1S/C23H38O2/c1-3-5-7-8-9-10-11-13-17-21(16-6-4-2)20-25-23(24)22-18-14-12-15-19-22/h12,14-15,18-19,21H,3-11,13,16-17,20H2,1-2H3. The van der Waals surface area contributed by atoms with E-state index in [1.54, 1.807) is 0 Å². The van der Waals surface area contributed by atoms with Crippen LogP contribution >= 0.6 is 0 Å². The minimum atomic E-state index is -0.182. The van der Waals surface area contributed by atoms with Gasteiger partial charge in [-0.3, -0.25) is 0 Å². The third kappa shape index (κ3) is 11.0. The summed E-state index contributed by atoms with van der Waals surface area (Å²) in [6.07, 6.45) is 15.6. The lowest BCUT2D eigenvalue weighted by molar-refractivity contribution is 0.0422. The number of rotatable bonds is 15. The van der Waals surface area contributed by atoms with Gasteiger partial charge >= 0.3 is 5.97 Å². The fourth-order valence-corrected chi connectivity index (χ4v) is 3.22. The van der Waals surface area contributed by atoms with Gasteiger partial charge in [0, 0.05) is 0 Å². The Balaban J connectivity index is 2.21. The Kier molecular flexibility index (Phi) is 13.0. The molecule has 0 aromatic heterocycles. The zero-order valence-electron chi connectivity index (χ0n) is 16.5. The van der Waals surface area contributed by atoms with Gasteiger partial charge in [0.15, 0.2) is 0 Å². The molecule has 0 heterocycles. The summed E-state index contributed by atoms with van der Waals surface area (Å²) in [5, 5.41) is 0. The minimum absolute atomic E-state index is 0.182. The van der Waals surface area contributed by atoms with Crippen LogP contribution in [-0.2, 0) is 4.74 Å². The SMILES string of the molecule is CCCCCCCCCCC(CCCC)COC(=O)c1ccccc1. The number of carbonyl (C=O) groups is 1. The monoisotopic (exact) mass is 346 g/mol. The number of hydrogen-bond donors (Lipinski definition) is 0. The predicted molar refractivity (Wildman–Crippen MR) is 107 cm³/mol. The molecule has 0 saturated heterocycles. The molecule has 1 rings (SSSR count). The Morgan fingerprint density at radius 3 is 2.00 bits per heavy atom. The van der Waals surface area contributed by atoms with Crippen molar-refractivity contribution in [3.05, 3.63) is 35.9 Å². The molecule has 0 fully saturated rings. The molecule has 0 saturated carbocycles. The van der Waals surface area contributed by atoms with Crippen LogP contribution < -0.4 is 0 Å². The van der Waals surface area contributed by atoms with Crippen molar-refractivity contribution >= 4 is 5.97 Å². The third-order valence-corrected chi connectivity index (χ3v) is 4.89. The molecule has 25 heavy (non-hydrogen) atoms. The van der Waals surface area contributed by atoms with Crippen LogP contribution in [0.15, 0.2) is 30.3 Å². The summed E-state index contributed by atoms with van der Waals surface area (Å²) in [7, 11) is 0. The van der Waals surface area contributed by atoms with Gasteiger partial charge in [-0.2, -0.15) is 0 Å². The molecule has 0 bridgehead atoms. The third-order valence-electron chi connectivity index (χ3n) is 4.89. The van der Waals surface area contributed by atoms with Crippen LogP contribution in [0.4, 0.5) is 0 Å². The van der Waals surface area contributed by atoms with Crippen molar-refractivity contribution in [3.8, 4) is 0 Å². The van der Waals surface area contributed by atoms with E-state index in [4.69, 9.17) is 4.74 Å². The first kappa shape index (κ1) is 21.7. The largest absolute Gasteiger partial charge is 0.462 e. The first-order valence-corrected chi connectivity index (χ1v) is 10.5. The lowest BCUT2D eigenvalue weighted by Gasteiger charge is -2.17. The molecule has 1 atom stereocenters. The molecule has 0 amide bonds. The summed E-state index contributed by atoms with van der Waals surface area (Å²) >= 11 is 0. The summed E-state index contributed by atoms with van der Waals surface area (Å²) in [6, 6.07) is 9.32. The van der Waals surface area contributed by atoms with Gasteiger partial charge in [0.2, 0.25) is 0 Å². The number of unbranched alkanes of at least 4 members (excludes halogenated alkanes) is 8. The van der Waals surface area contributed by atoms with Crippen LogP contribution in [0, 0.1) is 5.92 Å². The zero-order valence-corrected chi connectivity index (χ0v) is 16.5. The van der Waals surface area contributed by atoms with Crippen molar-refractivity contribution in [2.24, 2.45) is 5.92 Å². The Labute approximate surface area is 155 Å². The molecule has 0 aliphatic carbocycles. The maximum atomic E-state index is 12.1. The molecule has 0 aliphatic heterocycles. The molecule has 1 aromatic carbocycles. The average Bonchev–Trinajstić information content (AvgIpc) is 2.65. The summed E-state index contributed by atoms with van der Waals surface area (Å²) in [5.41, 5.74) is 0.656. The average molecular weight is 347 g/mol. The van der Waals surface area contributed by atoms with E-state index in [9.17, 15) is 4.79 Å². The highest BCUT2D eigenvalue weighted by atomic mass is 16.5. The molecule has 1 aromatic rings. The van der Waals surface area contributed by atoms with Crippen molar-refractivity contribution in [2.75, 3.05) is 6.61 Å². The smallest absolute Gasteiger partial charge is 0.338 e. The highest BCUT2D eigenvalue weighted by molar-refractivity contribution is 5.89. The molecule has 0 aliphatic rings. The molecular weight excluding hydrogens is 308 g/mol. The highest BCUT2D eigenvalue weighted by Crippen LogP contribution is 2.19. The Morgan fingerprint density at radius 1 is 0.800 bits per heavy atom. The van der Waals surface area contributed by atoms with Crippen LogP contribution in [0.5, 0.6) is 0 Å². The van der Waals surface area contributed by atoms with Crippen LogP contribution in [0.3, 0.4) is 0 Å². The van der Waals surface area contributed by atoms with Crippen LogP contribution in [0.2, 0.25) is 0 Å². The van der Waals surface area contributed by atoms with E-state index in [0.717, 1.165) is 0 Å². The van der Waals surface area contributed by atoms with Gasteiger partial charge in [-0.25, -0.2) is 4.79 Å². The Bertz CT molecular complexity index is 427. The Morgan fingerprint density at radius 2 is 1.36 bits per heavy atom. The molecular formula is C23H38O2. The summed E-state index contributed by atoms with van der Waals surface area (Å²) in [5.74, 6) is 0.339. The number of hydrogen-bond acceptors (Lipinski definition) is 2. The van der Waals surface area contributed by atoms with Crippen molar-refractivity contribution in [1.29, 1.82) is 0 Å². The fraction of sp³-hybridized carbons (Fsp3) is 0.696. The van der Waals surface area contributed by atoms with E-state index in [1.165, 1.54) is 77.0 Å². The van der Waals surface area contributed by atoms with Crippen molar-refractivity contribution in [3.63, 3.8) is 0 Å². The number of benzene rings is 1. The fourth-order valence-electron chi connectivity index (χ4n) is 3.22. The van der Waals surface area contributed by atoms with Crippen molar-refractivity contribution in [1.82, 2.24) is 0 Å².